The number of aromatic amines is 1. The molecule has 48 heavy (non-hydrogen) atoms. The van der Waals surface area contributed by atoms with Crippen molar-refractivity contribution in [3.63, 3.8) is 0 Å². The number of benzene rings is 2. The number of amides is 2. The fraction of sp³-hybridized carbons (Fsp3) is 0.364. The van der Waals surface area contributed by atoms with Gasteiger partial charge in [-0.3, -0.25) is 24.1 Å². The molecule has 0 bridgehead atoms. The number of aromatic nitrogens is 1. The van der Waals surface area contributed by atoms with Gasteiger partial charge in [-0.15, -0.1) is 11.8 Å². The lowest BCUT2D eigenvalue weighted by molar-refractivity contribution is -0.159. The van der Waals surface area contributed by atoms with Crippen molar-refractivity contribution in [1.82, 2.24) is 15.2 Å². The number of carbonyl (C=O) groups excluding carboxylic acids is 5. The molecule has 2 amide bonds. The maximum absolute atomic E-state index is 13.3. The number of H-pyrrole nitrogens is 1. The van der Waals surface area contributed by atoms with Crippen molar-refractivity contribution in [3.8, 4) is 17.0 Å². The third-order valence-electron chi connectivity index (χ3n) is 7.91. The standard InChI is InChI=1S/C33H30F3N3O8S/c1-15(40)45-12-16-14-48-30-27(29(43)39(30)28(16)31(44)47-32(2,3)4)38-25(42)13-46-18-6-7-19-21(10-18)24(41)11-22-20-9-17(33(34,35)36)5-8-23(20)37-26(19)22/h5-10,27,30,37H,11-14H2,1-4H3,(H,38,42). The topological polar surface area (TPSA) is 144 Å². The molecule has 2 aromatic carbocycles. The Morgan fingerprint density at radius 3 is 2.50 bits per heavy atom. The lowest BCUT2D eigenvalue weighted by atomic mass is 9.87. The van der Waals surface area contributed by atoms with Crippen molar-refractivity contribution >= 4 is 52.2 Å². The number of hydrogen-bond donors (Lipinski definition) is 2. The van der Waals surface area contributed by atoms with Crippen molar-refractivity contribution in [3.05, 3.63) is 64.4 Å². The highest BCUT2D eigenvalue weighted by atomic mass is 32.2. The van der Waals surface area contributed by atoms with E-state index in [-0.39, 0.29) is 41.6 Å². The van der Waals surface area contributed by atoms with Crippen molar-refractivity contribution in [1.29, 1.82) is 0 Å². The number of carbonyl (C=O) groups is 5. The van der Waals surface area contributed by atoms with Crippen molar-refractivity contribution in [2.45, 2.75) is 57.3 Å². The maximum Gasteiger partial charge on any atom is 0.416 e. The molecule has 2 unspecified atom stereocenters. The van der Waals surface area contributed by atoms with Crippen LogP contribution in [-0.2, 0) is 41.2 Å². The normalized spacial score (nSPS) is 18.9. The Balaban J connectivity index is 1.13. The molecule has 3 aliphatic rings. The summed E-state index contributed by atoms with van der Waals surface area (Å²) in [4.78, 5) is 68.0. The second-order valence-electron chi connectivity index (χ2n) is 12.5. The Hall–Kier alpha value is -4.79. The Morgan fingerprint density at radius 1 is 1.06 bits per heavy atom. The van der Waals surface area contributed by atoms with Crippen LogP contribution in [0.5, 0.6) is 5.75 Å². The van der Waals surface area contributed by atoms with Gasteiger partial charge in [0.25, 0.3) is 11.8 Å². The van der Waals surface area contributed by atoms with E-state index in [0.29, 0.717) is 33.3 Å². The van der Waals surface area contributed by atoms with Gasteiger partial charge < -0.3 is 24.5 Å². The summed E-state index contributed by atoms with van der Waals surface area (Å²) in [6.07, 6.45) is -4.64. The number of nitrogens with one attached hydrogen (secondary N) is 2. The molecule has 6 rings (SSSR count). The first-order valence-corrected chi connectivity index (χ1v) is 15.9. The van der Waals surface area contributed by atoms with Crippen LogP contribution in [-0.4, -0.2) is 75.4 Å². The molecule has 3 aromatic rings. The maximum atomic E-state index is 13.3. The molecule has 2 aliphatic heterocycles. The molecule has 15 heteroatoms. The van der Waals surface area contributed by atoms with Gasteiger partial charge in [-0.25, -0.2) is 4.79 Å². The Morgan fingerprint density at radius 2 is 1.81 bits per heavy atom. The summed E-state index contributed by atoms with van der Waals surface area (Å²) in [5, 5.41) is 2.35. The van der Waals surface area contributed by atoms with Gasteiger partial charge in [-0.1, -0.05) is 0 Å². The molecular formula is C33H30F3N3O8S. The average Bonchev–Trinajstić information content (AvgIpc) is 3.37. The van der Waals surface area contributed by atoms with E-state index in [9.17, 15) is 37.1 Å². The molecule has 1 saturated heterocycles. The number of thioether (sulfide) groups is 1. The van der Waals surface area contributed by atoms with Crippen LogP contribution in [0.1, 0.15) is 49.2 Å². The van der Waals surface area contributed by atoms with E-state index in [1.807, 2.05) is 0 Å². The van der Waals surface area contributed by atoms with E-state index < -0.39 is 59.1 Å². The Kier molecular flexibility index (Phi) is 8.30. The second-order valence-corrected chi connectivity index (χ2v) is 13.6. The Bertz CT molecular complexity index is 1930. The van der Waals surface area contributed by atoms with Crippen LogP contribution in [0.4, 0.5) is 13.2 Å². The van der Waals surface area contributed by atoms with Gasteiger partial charge in [-0.05, 0) is 62.7 Å². The van der Waals surface area contributed by atoms with Crippen LogP contribution >= 0.6 is 11.8 Å². The molecule has 1 aliphatic carbocycles. The zero-order chi connectivity index (χ0) is 34.7. The summed E-state index contributed by atoms with van der Waals surface area (Å²) < 4.78 is 56.2. The summed E-state index contributed by atoms with van der Waals surface area (Å²) in [6.45, 7) is 5.60. The first-order chi connectivity index (χ1) is 22.5. The number of nitrogens with zero attached hydrogens (tertiary/aromatic N) is 1. The van der Waals surface area contributed by atoms with E-state index in [1.165, 1.54) is 41.8 Å². The molecular weight excluding hydrogens is 655 g/mol. The molecule has 1 fully saturated rings. The molecule has 3 heterocycles. The van der Waals surface area contributed by atoms with E-state index in [1.54, 1.807) is 26.8 Å². The number of fused-ring (bicyclic) bond motifs is 6. The van der Waals surface area contributed by atoms with Gasteiger partial charge in [0.05, 0.1) is 11.3 Å². The first-order valence-electron chi connectivity index (χ1n) is 14.9. The molecule has 2 N–H and O–H groups in total. The van der Waals surface area contributed by atoms with Crippen molar-refractivity contribution < 1.29 is 51.4 Å². The van der Waals surface area contributed by atoms with Gasteiger partial charge in [0.1, 0.15) is 35.1 Å². The smallest absolute Gasteiger partial charge is 0.416 e. The number of alkyl halides is 3. The predicted molar refractivity (Wildman–Crippen MR) is 167 cm³/mol. The molecule has 2 atom stereocenters. The van der Waals surface area contributed by atoms with Gasteiger partial charge in [-0.2, -0.15) is 13.2 Å². The van der Waals surface area contributed by atoms with E-state index in [4.69, 9.17) is 14.2 Å². The van der Waals surface area contributed by atoms with Crippen LogP contribution in [0.15, 0.2) is 47.7 Å². The highest BCUT2D eigenvalue weighted by Crippen LogP contribution is 2.42. The largest absolute Gasteiger partial charge is 0.484 e. The summed E-state index contributed by atoms with van der Waals surface area (Å²) in [6, 6.07) is 7.01. The van der Waals surface area contributed by atoms with E-state index in [2.05, 4.69) is 10.3 Å². The first kappa shape index (κ1) is 33.1. The predicted octanol–water partition coefficient (Wildman–Crippen LogP) is 4.53. The van der Waals surface area contributed by atoms with Gasteiger partial charge in [0.15, 0.2) is 12.4 Å². The average molecular weight is 686 g/mol. The number of ether oxygens (including phenoxy) is 3. The zero-order valence-corrected chi connectivity index (χ0v) is 27.0. The van der Waals surface area contributed by atoms with Gasteiger partial charge in [0, 0.05) is 46.7 Å². The summed E-state index contributed by atoms with van der Waals surface area (Å²) >= 11 is 1.29. The number of ketones is 1. The minimum atomic E-state index is -4.52. The minimum Gasteiger partial charge on any atom is -0.484 e. The van der Waals surface area contributed by atoms with E-state index >= 15 is 0 Å². The number of rotatable bonds is 7. The quantitative estimate of drug-likeness (QED) is 0.271. The number of esters is 2. The van der Waals surface area contributed by atoms with Crippen LogP contribution in [0.25, 0.3) is 22.2 Å². The third kappa shape index (κ3) is 6.25. The number of β-lactam (4-membered cyclic amide) rings is 1. The Labute approximate surface area is 276 Å². The lowest BCUT2D eigenvalue weighted by Gasteiger charge is -2.49. The highest BCUT2D eigenvalue weighted by molar-refractivity contribution is 8.00. The fourth-order valence-corrected chi connectivity index (χ4v) is 7.14. The summed E-state index contributed by atoms with van der Waals surface area (Å²) in [7, 11) is 0. The molecule has 0 radical (unpaired) electrons. The molecule has 252 valence electrons. The van der Waals surface area contributed by atoms with Gasteiger partial charge in [0.2, 0.25) is 0 Å². The molecule has 1 aromatic heterocycles. The third-order valence-corrected chi connectivity index (χ3v) is 9.25. The molecule has 0 saturated carbocycles. The second kappa shape index (κ2) is 12.0. The fourth-order valence-electron chi connectivity index (χ4n) is 5.82. The minimum absolute atomic E-state index is 0.0145. The van der Waals surface area contributed by atoms with Crippen molar-refractivity contribution in [2.75, 3.05) is 19.0 Å². The molecule has 0 spiro atoms. The SMILES string of the molecule is CC(=O)OCC1=C(C(=O)OC(C)(C)C)N2C(=O)C(NC(=O)COc3ccc4c(c3)C(=O)Cc3c-4[nH]c4ccc(C(F)(F)F)cc34)C2SC1. The van der Waals surface area contributed by atoms with Crippen LogP contribution in [0.3, 0.4) is 0 Å². The number of hydrogen-bond acceptors (Lipinski definition) is 9. The number of Topliss-reactive ketones (excluding diaryl/α,β-unsaturated/α-hetero) is 1. The highest BCUT2D eigenvalue weighted by Gasteiger charge is 2.54. The van der Waals surface area contributed by atoms with E-state index in [0.717, 1.165) is 12.1 Å². The molecule has 11 nitrogen and oxygen atoms in total. The van der Waals surface area contributed by atoms with Crippen LogP contribution in [0.2, 0.25) is 0 Å². The zero-order valence-electron chi connectivity index (χ0n) is 26.2. The van der Waals surface area contributed by atoms with Gasteiger partial charge >= 0.3 is 18.1 Å². The van der Waals surface area contributed by atoms with Crippen molar-refractivity contribution in [2.24, 2.45) is 0 Å². The lowest BCUT2D eigenvalue weighted by Crippen LogP contribution is -2.71. The monoisotopic (exact) mass is 685 g/mol. The summed E-state index contributed by atoms with van der Waals surface area (Å²) in [5.74, 6) is -2.32. The van der Waals surface area contributed by atoms with Crippen LogP contribution < -0.4 is 10.1 Å². The number of halogens is 3. The van der Waals surface area contributed by atoms with Crippen LogP contribution in [0, 0.1) is 0 Å². The summed E-state index contributed by atoms with van der Waals surface area (Å²) in [5.41, 5.74) is 1.02.